The predicted molar refractivity (Wildman–Crippen MR) is 120 cm³/mol. The zero-order chi connectivity index (χ0) is 22.4. The zero-order valence-electron chi connectivity index (χ0n) is 17.5. The van der Waals surface area contributed by atoms with Crippen LogP contribution >= 0.6 is 11.8 Å². The van der Waals surface area contributed by atoms with E-state index in [2.05, 4.69) is 22.8 Å². The van der Waals surface area contributed by atoms with Crippen LogP contribution in [0.5, 0.6) is 0 Å². The zero-order valence-corrected chi connectivity index (χ0v) is 18.3. The number of rotatable bonds is 9. The van der Waals surface area contributed by atoms with Crippen LogP contribution in [0.25, 0.3) is 11.1 Å². The number of ether oxygens (including phenoxy) is 1. The molecule has 0 spiro atoms. The third-order valence-electron chi connectivity index (χ3n) is 5.30. The van der Waals surface area contributed by atoms with Crippen LogP contribution in [-0.4, -0.2) is 53.8 Å². The number of benzene rings is 2. The minimum atomic E-state index is -1.10. The van der Waals surface area contributed by atoms with Gasteiger partial charge < -0.3 is 20.5 Å². The first kappa shape index (κ1) is 22.7. The number of carbonyl (C=O) groups excluding carboxylic acids is 2. The molecule has 2 aromatic carbocycles. The van der Waals surface area contributed by atoms with E-state index in [1.54, 1.807) is 0 Å². The molecule has 0 heterocycles. The molecule has 3 rings (SSSR count). The number of hydrogen-bond acceptors (Lipinski definition) is 5. The number of hydrogen-bond donors (Lipinski definition) is 3. The molecule has 0 saturated carbocycles. The van der Waals surface area contributed by atoms with Crippen LogP contribution in [-0.2, 0) is 14.3 Å². The molecule has 1 unspecified atom stereocenters. The van der Waals surface area contributed by atoms with E-state index in [-0.39, 0.29) is 12.5 Å². The lowest BCUT2D eigenvalue weighted by atomic mass is 9.98. The van der Waals surface area contributed by atoms with E-state index in [0.29, 0.717) is 12.2 Å². The Hall–Kier alpha value is -3.00. The van der Waals surface area contributed by atoms with Crippen molar-refractivity contribution in [3.8, 4) is 11.1 Å². The highest BCUT2D eigenvalue weighted by Crippen LogP contribution is 2.44. The number of thioether (sulfide) groups is 1. The highest BCUT2D eigenvalue weighted by atomic mass is 32.2. The van der Waals surface area contributed by atoms with Gasteiger partial charge in [0, 0.05) is 5.92 Å². The van der Waals surface area contributed by atoms with Gasteiger partial charge in [0.1, 0.15) is 18.7 Å². The Balaban J connectivity index is 1.57. The molecule has 0 radical (unpaired) electrons. The van der Waals surface area contributed by atoms with Gasteiger partial charge in [0.05, 0.1) is 0 Å². The molecule has 0 saturated heterocycles. The van der Waals surface area contributed by atoms with Gasteiger partial charge in [-0.05, 0) is 47.6 Å². The monoisotopic (exact) mass is 442 g/mol. The Morgan fingerprint density at radius 3 is 2.16 bits per heavy atom. The fourth-order valence-electron chi connectivity index (χ4n) is 3.67. The van der Waals surface area contributed by atoms with Gasteiger partial charge in [0.2, 0.25) is 5.91 Å². The fourth-order valence-corrected chi connectivity index (χ4v) is 4.14. The van der Waals surface area contributed by atoms with Crippen LogP contribution in [0.1, 0.15) is 30.4 Å². The summed E-state index contributed by atoms with van der Waals surface area (Å²) in [5.41, 5.74) is 4.45. The molecule has 7 nitrogen and oxygen atoms in total. The molecule has 2 aromatic rings. The molecule has 8 heteroatoms. The van der Waals surface area contributed by atoms with Crippen LogP contribution in [0, 0.1) is 0 Å². The molecule has 0 aromatic heterocycles. The van der Waals surface area contributed by atoms with Crippen LogP contribution in [0.4, 0.5) is 4.79 Å². The summed E-state index contributed by atoms with van der Waals surface area (Å²) < 4.78 is 5.43. The molecular formula is C23H26N2O5S. The minimum Gasteiger partial charge on any atom is -0.480 e. The van der Waals surface area contributed by atoms with Crippen LogP contribution in [0.15, 0.2) is 48.5 Å². The third-order valence-corrected chi connectivity index (χ3v) is 5.94. The van der Waals surface area contributed by atoms with Crippen LogP contribution in [0.3, 0.4) is 0 Å². The van der Waals surface area contributed by atoms with Gasteiger partial charge in [-0.15, -0.1) is 0 Å². The van der Waals surface area contributed by atoms with Crippen molar-refractivity contribution in [2.75, 3.05) is 18.6 Å². The van der Waals surface area contributed by atoms with Crippen molar-refractivity contribution < 1.29 is 24.2 Å². The summed E-state index contributed by atoms with van der Waals surface area (Å²) in [6.45, 7) is 1.63. The van der Waals surface area contributed by atoms with Crippen molar-refractivity contribution in [3.05, 3.63) is 59.7 Å². The first-order valence-corrected chi connectivity index (χ1v) is 11.5. The lowest BCUT2D eigenvalue weighted by molar-refractivity contribution is -0.142. The average molecular weight is 443 g/mol. The van der Waals surface area contributed by atoms with E-state index in [9.17, 15) is 19.5 Å². The largest absolute Gasteiger partial charge is 0.480 e. The van der Waals surface area contributed by atoms with Crippen molar-refractivity contribution in [1.82, 2.24) is 10.6 Å². The van der Waals surface area contributed by atoms with Gasteiger partial charge in [-0.1, -0.05) is 48.5 Å². The predicted octanol–water partition coefficient (Wildman–Crippen LogP) is 3.24. The number of alkyl carbamates (subject to hydrolysis) is 1. The summed E-state index contributed by atoms with van der Waals surface area (Å²) in [6.07, 6.45) is 1.45. The maximum atomic E-state index is 12.3. The lowest BCUT2D eigenvalue weighted by Crippen LogP contribution is -2.50. The molecule has 3 N–H and O–H groups in total. The third kappa shape index (κ3) is 5.38. The second-order valence-corrected chi connectivity index (χ2v) is 8.36. The molecule has 2 amide bonds. The van der Waals surface area contributed by atoms with Gasteiger partial charge >= 0.3 is 12.1 Å². The number of carboxylic acid groups (broad SMARTS) is 1. The molecule has 0 bridgehead atoms. The van der Waals surface area contributed by atoms with E-state index < -0.39 is 30.1 Å². The number of nitrogens with one attached hydrogen (secondary N) is 2. The standard InChI is InChI=1S/C23H26N2O5S/c1-14(21(26)25-20(22(27)28)11-12-31-2)24-23(29)30-13-19-17-9-5-3-7-15(17)16-8-4-6-10-18(16)19/h3-10,14,19-20H,11-13H2,1-2H3,(H,24,29)(H,25,26)(H,27,28)/t14-,20?/m0/s1. The SMILES string of the molecule is CSCCC(NC(=O)[C@H](C)NC(=O)OCC1c2ccccc2-c2ccccc21)C(=O)O. The lowest BCUT2D eigenvalue weighted by Gasteiger charge is -2.19. The molecule has 0 aliphatic heterocycles. The summed E-state index contributed by atoms with van der Waals surface area (Å²) >= 11 is 1.50. The normalized spacial score (nSPS) is 14.1. The smallest absolute Gasteiger partial charge is 0.407 e. The highest BCUT2D eigenvalue weighted by Gasteiger charge is 2.29. The molecular weight excluding hydrogens is 416 g/mol. The van der Waals surface area contributed by atoms with Crippen molar-refractivity contribution >= 4 is 29.7 Å². The molecule has 0 fully saturated rings. The summed E-state index contributed by atoms with van der Waals surface area (Å²) in [5.74, 6) is -1.14. The first-order chi connectivity index (χ1) is 14.9. The number of carboxylic acids is 1. The molecule has 1 aliphatic rings. The van der Waals surface area contributed by atoms with Crippen molar-refractivity contribution in [2.45, 2.75) is 31.3 Å². The Bertz CT molecular complexity index is 919. The summed E-state index contributed by atoms with van der Waals surface area (Å²) in [6, 6.07) is 14.1. The summed E-state index contributed by atoms with van der Waals surface area (Å²) in [5, 5.41) is 14.2. The van der Waals surface area contributed by atoms with E-state index in [0.717, 1.165) is 22.3 Å². The number of fused-ring (bicyclic) bond motifs is 3. The second-order valence-electron chi connectivity index (χ2n) is 7.37. The Morgan fingerprint density at radius 1 is 1.03 bits per heavy atom. The number of aliphatic carboxylic acids is 1. The molecule has 1 aliphatic carbocycles. The van der Waals surface area contributed by atoms with E-state index in [4.69, 9.17) is 4.74 Å². The van der Waals surface area contributed by atoms with Crippen LogP contribution < -0.4 is 10.6 Å². The fraction of sp³-hybridized carbons (Fsp3) is 0.348. The van der Waals surface area contributed by atoms with Gasteiger partial charge in [-0.3, -0.25) is 4.79 Å². The van der Waals surface area contributed by atoms with E-state index in [1.165, 1.54) is 18.7 Å². The summed E-state index contributed by atoms with van der Waals surface area (Å²) in [4.78, 5) is 35.9. The average Bonchev–Trinajstić information content (AvgIpc) is 3.08. The van der Waals surface area contributed by atoms with Crippen LogP contribution in [0.2, 0.25) is 0 Å². The first-order valence-electron chi connectivity index (χ1n) is 10.1. The Labute approximate surface area is 185 Å². The molecule has 2 atom stereocenters. The molecule has 164 valence electrons. The Morgan fingerprint density at radius 2 is 1.61 bits per heavy atom. The highest BCUT2D eigenvalue weighted by molar-refractivity contribution is 7.98. The maximum absolute atomic E-state index is 12.3. The second kappa shape index (κ2) is 10.3. The Kier molecular flexibility index (Phi) is 7.57. The van der Waals surface area contributed by atoms with Gasteiger partial charge in [0.25, 0.3) is 0 Å². The summed E-state index contributed by atoms with van der Waals surface area (Å²) in [7, 11) is 0. The number of carbonyl (C=O) groups is 3. The van der Waals surface area contributed by atoms with E-state index in [1.807, 2.05) is 42.7 Å². The topological polar surface area (TPSA) is 105 Å². The van der Waals surface area contributed by atoms with Gasteiger partial charge in [-0.25, -0.2) is 9.59 Å². The van der Waals surface area contributed by atoms with Gasteiger partial charge in [0.15, 0.2) is 0 Å². The number of amides is 2. The van der Waals surface area contributed by atoms with Crippen molar-refractivity contribution in [3.63, 3.8) is 0 Å². The van der Waals surface area contributed by atoms with Gasteiger partial charge in [-0.2, -0.15) is 11.8 Å². The molecule has 31 heavy (non-hydrogen) atoms. The van der Waals surface area contributed by atoms with Crippen molar-refractivity contribution in [2.24, 2.45) is 0 Å². The minimum absolute atomic E-state index is 0.0785. The quantitative estimate of drug-likeness (QED) is 0.551. The van der Waals surface area contributed by atoms with E-state index >= 15 is 0 Å². The maximum Gasteiger partial charge on any atom is 0.407 e. The van der Waals surface area contributed by atoms with Crippen molar-refractivity contribution in [1.29, 1.82) is 0 Å².